The Morgan fingerprint density at radius 1 is 1.38 bits per heavy atom. The van der Waals surface area contributed by atoms with Gasteiger partial charge in [0.2, 0.25) is 5.88 Å². The van der Waals surface area contributed by atoms with E-state index in [0.717, 1.165) is 0 Å². The third kappa shape index (κ3) is 2.49. The lowest BCUT2D eigenvalue weighted by atomic mass is 10.2. The highest BCUT2D eigenvalue weighted by molar-refractivity contribution is 7.99. The van der Waals surface area contributed by atoms with E-state index < -0.39 is 28.7 Å². The average Bonchev–Trinajstić information content (AvgIpc) is 2.90. The van der Waals surface area contributed by atoms with Gasteiger partial charge >= 0.3 is 0 Å². The van der Waals surface area contributed by atoms with Crippen LogP contribution in [0.4, 0.5) is 10.1 Å². The molecule has 8 heteroatoms. The van der Waals surface area contributed by atoms with Crippen molar-refractivity contribution < 1.29 is 14.3 Å². The van der Waals surface area contributed by atoms with Crippen molar-refractivity contribution in [3.8, 4) is 5.88 Å². The van der Waals surface area contributed by atoms with Crippen LogP contribution < -0.4 is 10.9 Å². The van der Waals surface area contributed by atoms with Crippen molar-refractivity contribution in [2.24, 2.45) is 0 Å². The Labute approximate surface area is 122 Å². The van der Waals surface area contributed by atoms with Crippen LogP contribution in [-0.2, 0) is 6.54 Å². The normalized spacial score (nSPS) is 13.0. The Bertz CT molecular complexity index is 773. The molecule has 0 fully saturated rings. The average molecular weight is 307 g/mol. The summed E-state index contributed by atoms with van der Waals surface area (Å²) in [6.45, 7) is 0.447. The third-order valence-corrected chi connectivity index (χ3v) is 3.95. The van der Waals surface area contributed by atoms with E-state index in [1.807, 2.05) is 0 Å². The van der Waals surface area contributed by atoms with Gasteiger partial charge in [-0.2, -0.15) is 4.98 Å². The Hall–Kier alpha value is -2.35. The summed E-state index contributed by atoms with van der Waals surface area (Å²) < 4.78 is 14.2. The quantitative estimate of drug-likeness (QED) is 0.820. The van der Waals surface area contributed by atoms with E-state index in [1.165, 1.54) is 40.6 Å². The minimum Gasteiger partial charge on any atom is -0.493 e. The monoisotopic (exact) mass is 307 g/mol. The van der Waals surface area contributed by atoms with Crippen LogP contribution in [0.2, 0.25) is 0 Å². The zero-order valence-electron chi connectivity index (χ0n) is 10.7. The lowest BCUT2D eigenvalue weighted by molar-refractivity contribution is 0.102. The molecule has 1 aliphatic rings. The number of carbonyl (C=O) groups excluding carboxylic acids is 1. The largest absolute Gasteiger partial charge is 0.493 e. The maximum absolute atomic E-state index is 12.8. The van der Waals surface area contributed by atoms with Crippen molar-refractivity contribution in [1.29, 1.82) is 0 Å². The van der Waals surface area contributed by atoms with Crippen molar-refractivity contribution in [1.82, 2.24) is 9.55 Å². The van der Waals surface area contributed by atoms with E-state index in [9.17, 15) is 19.1 Å². The van der Waals surface area contributed by atoms with Gasteiger partial charge in [0, 0.05) is 18.0 Å². The first-order valence-electron chi connectivity index (χ1n) is 6.10. The Morgan fingerprint density at radius 3 is 2.81 bits per heavy atom. The fourth-order valence-electron chi connectivity index (χ4n) is 1.99. The van der Waals surface area contributed by atoms with Gasteiger partial charge in [-0.05, 0) is 24.3 Å². The van der Waals surface area contributed by atoms with Gasteiger partial charge in [0.25, 0.3) is 11.5 Å². The number of aromatic nitrogens is 2. The van der Waals surface area contributed by atoms with Crippen molar-refractivity contribution >= 4 is 23.4 Å². The van der Waals surface area contributed by atoms with Crippen LogP contribution >= 0.6 is 11.8 Å². The smallest absolute Gasteiger partial charge is 0.271 e. The number of hydrogen-bond donors (Lipinski definition) is 2. The van der Waals surface area contributed by atoms with Gasteiger partial charge in [0.1, 0.15) is 5.82 Å². The summed E-state index contributed by atoms with van der Waals surface area (Å²) in [6.07, 6.45) is 0. The fourth-order valence-corrected chi connectivity index (χ4v) is 2.92. The number of thioether (sulfide) groups is 1. The molecular weight excluding hydrogens is 297 g/mol. The Morgan fingerprint density at radius 2 is 2.10 bits per heavy atom. The van der Waals surface area contributed by atoms with Gasteiger partial charge in [-0.25, -0.2) is 4.39 Å². The maximum atomic E-state index is 12.8. The Kier molecular flexibility index (Phi) is 3.38. The molecule has 0 radical (unpaired) electrons. The standard InChI is InChI=1S/C13H10FN3O3S/c14-7-1-3-8(4-2-7)15-10(18)9-11(19)16-13-17(12(9)20)5-6-21-13/h1-4,19H,5-6H2,(H,15,18). The van der Waals surface area contributed by atoms with E-state index in [-0.39, 0.29) is 0 Å². The van der Waals surface area contributed by atoms with Crippen molar-refractivity contribution in [3.05, 3.63) is 46.0 Å². The van der Waals surface area contributed by atoms with Gasteiger partial charge in [-0.3, -0.25) is 14.2 Å². The minimum atomic E-state index is -0.774. The minimum absolute atomic E-state index is 0.320. The topological polar surface area (TPSA) is 84.2 Å². The van der Waals surface area contributed by atoms with Gasteiger partial charge in [-0.15, -0.1) is 0 Å². The first-order valence-corrected chi connectivity index (χ1v) is 7.08. The van der Waals surface area contributed by atoms with Crippen LogP contribution in [0.25, 0.3) is 0 Å². The number of benzene rings is 1. The van der Waals surface area contributed by atoms with Crippen LogP contribution in [0.3, 0.4) is 0 Å². The molecule has 1 aromatic heterocycles. The summed E-state index contributed by atoms with van der Waals surface area (Å²) in [5.41, 5.74) is -0.673. The van der Waals surface area contributed by atoms with Crippen molar-refractivity contribution in [2.45, 2.75) is 11.7 Å². The molecule has 0 aliphatic carbocycles. The molecule has 108 valence electrons. The molecule has 2 heterocycles. The molecule has 0 bridgehead atoms. The summed E-state index contributed by atoms with van der Waals surface area (Å²) in [5, 5.41) is 12.6. The lowest BCUT2D eigenvalue weighted by Crippen LogP contribution is -2.29. The van der Waals surface area contributed by atoms with E-state index in [2.05, 4.69) is 10.3 Å². The van der Waals surface area contributed by atoms with Crippen LogP contribution in [-0.4, -0.2) is 26.3 Å². The summed E-state index contributed by atoms with van der Waals surface area (Å²) in [7, 11) is 0. The number of carbonyl (C=O) groups is 1. The molecule has 0 atom stereocenters. The number of halogens is 1. The Balaban J connectivity index is 1.95. The van der Waals surface area contributed by atoms with Gasteiger partial charge < -0.3 is 10.4 Å². The van der Waals surface area contributed by atoms with Gasteiger partial charge in [0.15, 0.2) is 10.7 Å². The second-order valence-corrected chi connectivity index (χ2v) is 5.42. The molecule has 0 unspecified atom stereocenters. The highest BCUT2D eigenvalue weighted by Gasteiger charge is 2.25. The first-order chi connectivity index (χ1) is 10.1. The second kappa shape index (κ2) is 5.21. The molecular formula is C13H10FN3O3S. The number of nitrogens with zero attached hydrogens (tertiary/aromatic N) is 2. The molecule has 2 aromatic rings. The number of aromatic hydroxyl groups is 1. The van der Waals surface area contributed by atoms with E-state index in [1.54, 1.807) is 0 Å². The lowest BCUT2D eigenvalue weighted by Gasteiger charge is -2.08. The zero-order valence-corrected chi connectivity index (χ0v) is 11.5. The molecule has 2 N–H and O–H groups in total. The van der Waals surface area contributed by atoms with E-state index in [4.69, 9.17) is 0 Å². The molecule has 0 spiro atoms. The molecule has 3 rings (SSSR count). The maximum Gasteiger partial charge on any atom is 0.271 e. The van der Waals surface area contributed by atoms with Gasteiger partial charge in [0.05, 0.1) is 0 Å². The van der Waals surface area contributed by atoms with E-state index >= 15 is 0 Å². The zero-order chi connectivity index (χ0) is 15.0. The summed E-state index contributed by atoms with van der Waals surface area (Å²) in [4.78, 5) is 28.2. The molecule has 1 aliphatic heterocycles. The number of hydrogen-bond acceptors (Lipinski definition) is 5. The molecule has 0 saturated heterocycles. The molecule has 6 nitrogen and oxygen atoms in total. The van der Waals surface area contributed by atoms with Crippen molar-refractivity contribution in [2.75, 3.05) is 11.1 Å². The summed E-state index contributed by atoms with van der Waals surface area (Å²) >= 11 is 1.34. The predicted octanol–water partition coefficient (Wildman–Crippen LogP) is 1.45. The van der Waals surface area contributed by atoms with Crippen LogP contribution in [0.5, 0.6) is 5.88 Å². The third-order valence-electron chi connectivity index (χ3n) is 2.99. The number of rotatable bonds is 2. The van der Waals surface area contributed by atoms with Crippen LogP contribution in [0.15, 0.2) is 34.2 Å². The predicted molar refractivity (Wildman–Crippen MR) is 75.2 cm³/mol. The second-order valence-electron chi connectivity index (χ2n) is 4.36. The van der Waals surface area contributed by atoms with Crippen LogP contribution in [0.1, 0.15) is 10.4 Å². The van der Waals surface area contributed by atoms with E-state index in [0.29, 0.717) is 23.1 Å². The molecule has 0 saturated carbocycles. The summed E-state index contributed by atoms with van der Waals surface area (Å²) in [6, 6.07) is 5.08. The molecule has 1 aromatic carbocycles. The fraction of sp³-hybridized carbons (Fsp3) is 0.154. The number of nitrogens with one attached hydrogen (secondary N) is 1. The highest BCUT2D eigenvalue weighted by atomic mass is 32.2. The number of fused-ring (bicyclic) bond motifs is 1. The van der Waals surface area contributed by atoms with Gasteiger partial charge in [-0.1, -0.05) is 11.8 Å². The highest BCUT2D eigenvalue weighted by Crippen LogP contribution is 2.24. The summed E-state index contributed by atoms with van der Waals surface area (Å²) in [5.74, 6) is -1.14. The number of amides is 1. The first kappa shape index (κ1) is 13.6. The van der Waals surface area contributed by atoms with Crippen LogP contribution in [0, 0.1) is 5.82 Å². The van der Waals surface area contributed by atoms with Crippen molar-refractivity contribution in [3.63, 3.8) is 0 Å². The number of anilines is 1. The SMILES string of the molecule is O=C(Nc1ccc(F)cc1)c1c(O)nc2n(c1=O)CCS2. The molecule has 21 heavy (non-hydrogen) atoms. The molecule has 1 amide bonds.